The molecule has 0 unspecified atom stereocenters. The van der Waals surface area contributed by atoms with Gasteiger partial charge < -0.3 is 4.57 Å². The van der Waals surface area contributed by atoms with Crippen LogP contribution >= 0.6 is 10.7 Å². The molecule has 1 aromatic rings. The Morgan fingerprint density at radius 1 is 1.33 bits per heavy atom. The van der Waals surface area contributed by atoms with Gasteiger partial charge in [-0.1, -0.05) is 26.7 Å². The van der Waals surface area contributed by atoms with Crippen LogP contribution in [0.15, 0.2) is 5.16 Å². The van der Waals surface area contributed by atoms with Crippen LogP contribution in [-0.2, 0) is 21.0 Å². The minimum Gasteiger partial charge on any atom is -0.300 e. The molecule has 1 saturated carbocycles. The van der Waals surface area contributed by atoms with Gasteiger partial charge in [-0.15, -0.1) is 10.2 Å². The monoisotopic (exact) mass is 291 g/mol. The largest absolute Gasteiger partial charge is 0.300 e. The maximum absolute atomic E-state index is 11.5. The lowest BCUT2D eigenvalue weighted by Crippen LogP contribution is -2.24. The Labute approximate surface area is 112 Å². The minimum atomic E-state index is -3.83. The van der Waals surface area contributed by atoms with Crippen LogP contribution in [0.25, 0.3) is 0 Å². The van der Waals surface area contributed by atoms with Crippen LogP contribution in [0.1, 0.15) is 51.8 Å². The molecule has 0 radical (unpaired) electrons. The Hall–Kier alpha value is -0.620. The smallest absolute Gasteiger partial charge is 0.296 e. The van der Waals surface area contributed by atoms with E-state index in [1.54, 1.807) is 4.57 Å². The van der Waals surface area contributed by atoms with Crippen molar-refractivity contribution in [3.63, 3.8) is 0 Å². The zero-order valence-corrected chi connectivity index (χ0v) is 12.3. The van der Waals surface area contributed by atoms with Gasteiger partial charge in [-0.2, -0.15) is 0 Å². The summed E-state index contributed by atoms with van der Waals surface area (Å²) in [6.45, 7) is 4.70. The van der Waals surface area contributed by atoms with E-state index >= 15 is 0 Å². The van der Waals surface area contributed by atoms with Crippen molar-refractivity contribution in [2.45, 2.75) is 63.1 Å². The second-order valence-corrected chi connectivity index (χ2v) is 7.62. The van der Waals surface area contributed by atoms with Gasteiger partial charge in [0.15, 0.2) is 0 Å². The summed E-state index contributed by atoms with van der Waals surface area (Å²) >= 11 is 0. The molecule has 7 heteroatoms. The molecule has 18 heavy (non-hydrogen) atoms. The van der Waals surface area contributed by atoms with Gasteiger partial charge in [0.1, 0.15) is 5.82 Å². The topological polar surface area (TPSA) is 64.8 Å². The summed E-state index contributed by atoms with van der Waals surface area (Å²) in [6.07, 6.45) is 5.17. The van der Waals surface area contributed by atoms with Gasteiger partial charge in [-0.25, -0.2) is 8.42 Å². The molecule has 0 spiro atoms. The third kappa shape index (κ3) is 2.40. The minimum absolute atomic E-state index is 0.0675. The Kier molecular flexibility index (Phi) is 3.69. The normalized spacial score (nSPS) is 19.3. The van der Waals surface area contributed by atoms with Crippen LogP contribution in [0.4, 0.5) is 0 Å². The summed E-state index contributed by atoms with van der Waals surface area (Å²) < 4.78 is 24.7. The Morgan fingerprint density at radius 2 is 1.94 bits per heavy atom. The third-order valence-electron chi connectivity index (χ3n) is 3.63. The molecule has 0 bridgehead atoms. The van der Waals surface area contributed by atoms with Crippen molar-refractivity contribution in [3.8, 4) is 0 Å². The van der Waals surface area contributed by atoms with E-state index < -0.39 is 9.05 Å². The van der Waals surface area contributed by atoms with Crippen LogP contribution in [0.5, 0.6) is 0 Å². The number of nitrogens with zero attached hydrogens (tertiary/aromatic N) is 3. The molecule has 0 aliphatic heterocycles. The molecule has 0 atom stereocenters. The lowest BCUT2D eigenvalue weighted by molar-refractivity contribution is 0.419. The predicted octanol–water partition coefficient (Wildman–Crippen LogP) is 2.45. The van der Waals surface area contributed by atoms with Gasteiger partial charge in [0.25, 0.3) is 14.2 Å². The van der Waals surface area contributed by atoms with Gasteiger partial charge in [0.05, 0.1) is 0 Å². The highest BCUT2D eigenvalue weighted by Gasteiger charge is 2.37. The zero-order chi connectivity index (χ0) is 13.4. The molecule has 1 aromatic heterocycles. The highest BCUT2D eigenvalue weighted by Crippen LogP contribution is 2.40. The molecule has 5 nitrogen and oxygen atoms in total. The molecule has 1 aliphatic carbocycles. The van der Waals surface area contributed by atoms with Gasteiger partial charge in [0.2, 0.25) is 0 Å². The average molecular weight is 292 g/mol. The average Bonchev–Trinajstić information content (AvgIpc) is 2.85. The molecule has 1 fully saturated rings. The van der Waals surface area contributed by atoms with E-state index in [1.807, 2.05) is 6.92 Å². The number of rotatable bonds is 4. The molecule has 1 aliphatic rings. The number of halogens is 1. The fourth-order valence-corrected chi connectivity index (χ4v) is 3.64. The van der Waals surface area contributed by atoms with Crippen LogP contribution in [0, 0.1) is 0 Å². The predicted molar refractivity (Wildman–Crippen MR) is 69.2 cm³/mol. The Balaban J connectivity index is 2.52. The van der Waals surface area contributed by atoms with Crippen LogP contribution in [-0.4, -0.2) is 23.2 Å². The summed E-state index contributed by atoms with van der Waals surface area (Å²) in [5.74, 6) is 0.765. The Bertz CT molecular complexity index is 532. The SMILES string of the molecule is CCCn1c(C2(C)CCCC2)nnc1S(=O)(=O)Cl. The molecule has 0 aromatic carbocycles. The standard InChI is InChI=1S/C11H18ClN3O2S/c1-3-8-15-9(11(2)6-4-5-7-11)13-14-10(15)18(12,16)17/h3-8H2,1-2H3. The highest BCUT2D eigenvalue weighted by atomic mass is 35.7. The van der Waals surface area contributed by atoms with Crippen molar-refractivity contribution < 1.29 is 8.42 Å². The first kappa shape index (κ1) is 13.8. The van der Waals surface area contributed by atoms with Crippen molar-refractivity contribution in [3.05, 3.63) is 5.82 Å². The van der Waals surface area contributed by atoms with Gasteiger partial charge in [-0.3, -0.25) is 0 Å². The highest BCUT2D eigenvalue weighted by molar-refractivity contribution is 8.13. The van der Waals surface area contributed by atoms with E-state index in [2.05, 4.69) is 17.1 Å². The summed E-state index contributed by atoms with van der Waals surface area (Å²) in [5, 5.41) is 7.78. The fourth-order valence-electron chi connectivity index (χ4n) is 2.72. The van der Waals surface area contributed by atoms with Crippen LogP contribution < -0.4 is 0 Å². The number of aromatic nitrogens is 3. The third-order valence-corrected chi connectivity index (χ3v) is 4.78. The van der Waals surface area contributed by atoms with Crippen molar-refractivity contribution >= 4 is 19.7 Å². The number of hydrogen-bond donors (Lipinski definition) is 0. The number of hydrogen-bond acceptors (Lipinski definition) is 4. The summed E-state index contributed by atoms with van der Waals surface area (Å²) in [4.78, 5) is 0. The lowest BCUT2D eigenvalue weighted by Gasteiger charge is -2.23. The maximum Gasteiger partial charge on any atom is 0.296 e. The van der Waals surface area contributed by atoms with Crippen LogP contribution in [0.2, 0.25) is 0 Å². The first-order valence-corrected chi connectivity index (χ1v) is 8.58. The van der Waals surface area contributed by atoms with E-state index in [-0.39, 0.29) is 10.6 Å². The van der Waals surface area contributed by atoms with E-state index in [0.717, 1.165) is 37.9 Å². The molecule has 1 heterocycles. The maximum atomic E-state index is 11.5. The van der Waals surface area contributed by atoms with Gasteiger partial charge in [0, 0.05) is 22.6 Å². The fraction of sp³-hybridized carbons (Fsp3) is 0.818. The first-order chi connectivity index (χ1) is 8.38. The van der Waals surface area contributed by atoms with Crippen molar-refractivity contribution in [2.75, 3.05) is 0 Å². The second kappa shape index (κ2) is 4.81. The lowest BCUT2D eigenvalue weighted by atomic mass is 9.88. The van der Waals surface area contributed by atoms with E-state index in [4.69, 9.17) is 10.7 Å². The second-order valence-electron chi connectivity index (χ2n) is 5.16. The molecule has 0 amide bonds. The van der Waals surface area contributed by atoms with E-state index in [0.29, 0.717) is 6.54 Å². The van der Waals surface area contributed by atoms with Gasteiger partial charge in [-0.05, 0) is 19.3 Å². The quantitative estimate of drug-likeness (QED) is 0.799. The Morgan fingerprint density at radius 3 is 2.44 bits per heavy atom. The van der Waals surface area contributed by atoms with Crippen LogP contribution in [0.3, 0.4) is 0 Å². The molecule has 0 N–H and O–H groups in total. The van der Waals surface area contributed by atoms with Crippen molar-refractivity contribution in [1.29, 1.82) is 0 Å². The molecule has 102 valence electrons. The molecular formula is C11H18ClN3O2S. The van der Waals surface area contributed by atoms with E-state index in [1.165, 1.54) is 0 Å². The van der Waals surface area contributed by atoms with E-state index in [9.17, 15) is 8.42 Å². The van der Waals surface area contributed by atoms with Crippen molar-refractivity contribution in [1.82, 2.24) is 14.8 Å². The summed E-state index contributed by atoms with van der Waals surface area (Å²) in [7, 11) is 1.58. The summed E-state index contributed by atoms with van der Waals surface area (Å²) in [6, 6.07) is 0. The summed E-state index contributed by atoms with van der Waals surface area (Å²) in [5.41, 5.74) is -0.0675. The molecule has 2 rings (SSSR count). The first-order valence-electron chi connectivity index (χ1n) is 6.27. The molecular weight excluding hydrogens is 274 g/mol. The van der Waals surface area contributed by atoms with Gasteiger partial charge >= 0.3 is 0 Å². The molecule has 0 saturated heterocycles. The van der Waals surface area contributed by atoms with Crippen molar-refractivity contribution in [2.24, 2.45) is 0 Å². The zero-order valence-electron chi connectivity index (χ0n) is 10.7.